The normalized spacial score (nSPS) is 18.6. The number of aryl methyl sites for hydroxylation is 3. The number of aromatic nitrogens is 2. The van der Waals surface area contributed by atoms with Gasteiger partial charge >= 0.3 is 0 Å². The summed E-state index contributed by atoms with van der Waals surface area (Å²) < 4.78 is 0. The molecule has 0 N–H and O–H groups in total. The molecule has 0 spiro atoms. The van der Waals surface area contributed by atoms with E-state index in [0.717, 1.165) is 48.0 Å². The molecule has 23 heavy (non-hydrogen) atoms. The number of thioether (sulfide) groups is 1. The summed E-state index contributed by atoms with van der Waals surface area (Å²) in [5.74, 6) is 1.06. The van der Waals surface area contributed by atoms with Gasteiger partial charge in [0.05, 0.1) is 5.25 Å². The predicted molar refractivity (Wildman–Crippen MR) is 95.3 cm³/mol. The maximum Gasteiger partial charge on any atom is 0.235 e. The van der Waals surface area contributed by atoms with Crippen molar-refractivity contribution < 1.29 is 4.79 Å². The smallest absolute Gasteiger partial charge is 0.235 e. The molecule has 2 aromatic heterocycles. The Morgan fingerprint density at radius 3 is 2.78 bits per heavy atom. The molecule has 2 aromatic rings. The molecule has 0 bridgehead atoms. The van der Waals surface area contributed by atoms with Crippen LogP contribution in [0.1, 0.15) is 42.5 Å². The van der Waals surface area contributed by atoms with E-state index in [9.17, 15) is 4.79 Å². The average molecular weight is 348 g/mol. The van der Waals surface area contributed by atoms with Crippen molar-refractivity contribution >= 4 is 39.2 Å². The van der Waals surface area contributed by atoms with Crippen LogP contribution in [0.25, 0.3) is 10.2 Å². The Balaban J connectivity index is 1.66. The van der Waals surface area contributed by atoms with Gasteiger partial charge < -0.3 is 4.90 Å². The summed E-state index contributed by atoms with van der Waals surface area (Å²) in [6, 6.07) is 0. The molecule has 1 fully saturated rings. The molecule has 1 amide bonds. The van der Waals surface area contributed by atoms with E-state index in [1.807, 2.05) is 30.1 Å². The van der Waals surface area contributed by atoms with Crippen LogP contribution in [0.5, 0.6) is 0 Å². The van der Waals surface area contributed by atoms with E-state index in [0.29, 0.717) is 0 Å². The average Bonchev–Trinajstić information content (AvgIpc) is 3.22. The van der Waals surface area contributed by atoms with Crippen LogP contribution in [0.4, 0.5) is 0 Å². The molecular formula is C17H21N3OS2. The summed E-state index contributed by atoms with van der Waals surface area (Å²) in [6.07, 6.45) is 5.80. The van der Waals surface area contributed by atoms with Crippen molar-refractivity contribution in [1.82, 2.24) is 14.9 Å². The molecule has 3 heterocycles. The monoisotopic (exact) mass is 347 g/mol. The number of fused-ring (bicyclic) bond motifs is 3. The van der Waals surface area contributed by atoms with E-state index in [-0.39, 0.29) is 11.2 Å². The first-order valence-electron chi connectivity index (χ1n) is 8.38. The van der Waals surface area contributed by atoms with Crippen LogP contribution in [0.3, 0.4) is 0 Å². The molecule has 1 aliphatic carbocycles. The van der Waals surface area contributed by atoms with Crippen LogP contribution in [0.15, 0.2) is 5.03 Å². The SMILES string of the molecule is Cc1nc(S[C@@H](C)C(=O)N2CCCC2)c2c3c(sc2n1)CCC3. The molecule has 1 aliphatic heterocycles. The van der Waals surface area contributed by atoms with Crippen LogP contribution >= 0.6 is 23.1 Å². The highest BCUT2D eigenvalue weighted by Gasteiger charge is 2.27. The maximum atomic E-state index is 12.6. The van der Waals surface area contributed by atoms with Gasteiger partial charge in [-0.25, -0.2) is 9.97 Å². The topological polar surface area (TPSA) is 46.1 Å². The van der Waals surface area contributed by atoms with Crippen molar-refractivity contribution in [1.29, 1.82) is 0 Å². The minimum absolute atomic E-state index is 0.0810. The van der Waals surface area contributed by atoms with E-state index in [1.165, 1.54) is 28.7 Å². The number of likely N-dealkylation sites (tertiary alicyclic amines) is 1. The van der Waals surface area contributed by atoms with Crippen molar-refractivity contribution in [3.05, 3.63) is 16.3 Å². The van der Waals surface area contributed by atoms with Crippen molar-refractivity contribution in [2.24, 2.45) is 0 Å². The molecule has 4 nitrogen and oxygen atoms in total. The van der Waals surface area contributed by atoms with Crippen molar-refractivity contribution in [3.8, 4) is 0 Å². The van der Waals surface area contributed by atoms with Gasteiger partial charge in [0, 0.05) is 23.4 Å². The Hall–Kier alpha value is -1.14. The number of carbonyl (C=O) groups excluding carboxylic acids is 1. The zero-order valence-electron chi connectivity index (χ0n) is 13.6. The third-order valence-corrected chi connectivity index (χ3v) is 6.96. The lowest BCUT2D eigenvalue weighted by atomic mass is 10.2. The highest BCUT2D eigenvalue weighted by molar-refractivity contribution is 8.00. The predicted octanol–water partition coefficient (Wildman–Crippen LogP) is 3.59. The number of thiophene rings is 1. The molecule has 1 atom stereocenters. The van der Waals surface area contributed by atoms with Gasteiger partial charge in [0.25, 0.3) is 0 Å². The first-order chi connectivity index (χ1) is 11.1. The lowest BCUT2D eigenvalue weighted by molar-refractivity contribution is -0.129. The van der Waals surface area contributed by atoms with Crippen LogP contribution in [0, 0.1) is 6.92 Å². The fourth-order valence-electron chi connectivity index (χ4n) is 3.56. The fraction of sp³-hybridized carbons (Fsp3) is 0.588. The van der Waals surface area contributed by atoms with Crippen LogP contribution in [0.2, 0.25) is 0 Å². The van der Waals surface area contributed by atoms with Crippen LogP contribution < -0.4 is 0 Å². The summed E-state index contributed by atoms with van der Waals surface area (Å²) >= 11 is 3.43. The molecule has 0 unspecified atom stereocenters. The van der Waals surface area contributed by atoms with Crippen molar-refractivity contribution in [2.75, 3.05) is 13.1 Å². The third kappa shape index (κ3) is 2.76. The van der Waals surface area contributed by atoms with Crippen molar-refractivity contribution in [2.45, 2.75) is 56.2 Å². The number of hydrogen-bond donors (Lipinski definition) is 0. The molecule has 0 saturated carbocycles. The summed E-state index contributed by atoms with van der Waals surface area (Å²) in [6.45, 7) is 5.79. The highest BCUT2D eigenvalue weighted by Crippen LogP contribution is 2.41. The Labute approximate surface area is 144 Å². The Kier molecular flexibility index (Phi) is 4.05. The van der Waals surface area contributed by atoms with Gasteiger partial charge in [-0.3, -0.25) is 4.79 Å². The third-order valence-electron chi connectivity index (χ3n) is 4.70. The van der Waals surface area contributed by atoms with Gasteiger partial charge in [0.15, 0.2) is 0 Å². The highest BCUT2D eigenvalue weighted by atomic mass is 32.2. The van der Waals surface area contributed by atoms with E-state index in [1.54, 1.807) is 11.8 Å². The van der Waals surface area contributed by atoms with Crippen LogP contribution in [-0.2, 0) is 17.6 Å². The van der Waals surface area contributed by atoms with E-state index in [4.69, 9.17) is 0 Å². The fourth-order valence-corrected chi connectivity index (χ4v) is 6.04. The second kappa shape index (κ2) is 6.06. The van der Waals surface area contributed by atoms with Gasteiger partial charge in [-0.2, -0.15) is 0 Å². The van der Waals surface area contributed by atoms with Crippen molar-refractivity contribution in [3.63, 3.8) is 0 Å². The lowest BCUT2D eigenvalue weighted by Crippen LogP contribution is -2.34. The first kappa shape index (κ1) is 15.4. The quantitative estimate of drug-likeness (QED) is 0.629. The summed E-state index contributed by atoms with van der Waals surface area (Å²) in [4.78, 5) is 26.5. The number of amides is 1. The minimum Gasteiger partial charge on any atom is -0.342 e. The number of nitrogens with zero attached hydrogens (tertiary/aromatic N) is 3. The summed E-state index contributed by atoms with van der Waals surface area (Å²) in [5.41, 5.74) is 1.44. The van der Waals surface area contributed by atoms with Gasteiger partial charge in [-0.1, -0.05) is 11.8 Å². The zero-order chi connectivity index (χ0) is 16.0. The molecule has 2 aliphatic rings. The van der Waals surface area contributed by atoms with Gasteiger partial charge in [-0.15, -0.1) is 11.3 Å². The summed E-state index contributed by atoms with van der Waals surface area (Å²) in [7, 11) is 0. The molecule has 1 saturated heterocycles. The second-order valence-corrected chi connectivity index (χ2v) is 8.82. The summed E-state index contributed by atoms with van der Waals surface area (Å²) in [5, 5.41) is 2.15. The number of rotatable bonds is 3. The maximum absolute atomic E-state index is 12.6. The van der Waals surface area contributed by atoms with E-state index < -0.39 is 0 Å². The molecule has 4 rings (SSSR count). The largest absolute Gasteiger partial charge is 0.342 e. The number of hydrogen-bond acceptors (Lipinski definition) is 5. The standard InChI is InChI=1S/C17H21N3OS2/c1-10(17(21)20-8-3-4-9-20)22-15-14-12-6-5-7-13(12)23-16(14)19-11(2)18-15/h10H,3-9H2,1-2H3/t10-/m0/s1. The van der Waals surface area contributed by atoms with Gasteiger partial charge in [0.2, 0.25) is 5.91 Å². The molecule has 0 radical (unpaired) electrons. The molecular weight excluding hydrogens is 326 g/mol. The van der Waals surface area contributed by atoms with Crippen LogP contribution in [-0.4, -0.2) is 39.1 Å². The second-order valence-electron chi connectivity index (χ2n) is 6.41. The molecule has 6 heteroatoms. The van der Waals surface area contributed by atoms with Gasteiger partial charge in [-0.05, 0) is 51.5 Å². The molecule has 0 aromatic carbocycles. The Morgan fingerprint density at radius 2 is 2.00 bits per heavy atom. The first-order valence-corrected chi connectivity index (χ1v) is 10.1. The Bertz CT molecular complexity index is 765. The Morgan fingerprint density at radius 1 is 1.22 bits per heavy atom. The number of carbonyl (C=O) groups is 1. The minimum atomic E-state index is -0.0810. The van der Waals surface area contributed by atoms with E-state index >= 15 is 0 Å². The van der Waals surface area contributed by atoms with E-state index in [2.05, 4.69) is 9.97 Å². The lowest BCUT2D eigenvalue weighted by Gasteiger charge is -2.20. The van der Waals surface area contributed by atoms with Gasteiger partial charge in [0.1, 0.15) is 15.7 Å². The molecule has 122 valence electrons. The zero-order valence-corrected chi connectivity index (χ0v) is 15.2.